The Labute approximate surface area is 498 Å². The summed E-state index contributed by atoms with van der Waals surface area (Å²) in [6, 6.07) is 0. The van der Waals surface area contributed by atoms with Crippen LogP contribution in [-0.2, 0) is 28.6 Å². The molecule has 0 aliphatic heterocycles. The van der Waals surface area contributed by atoms with Gasteiger partial charge in [0.05, 0.1) is 0 Å². The van der Waals surface area contributed by atoms with E-state index < -0.39 is 6.10 Å². The summed E-state index contributed by atoms with van der Waals surface area (Å²) < 4.78 is 17.0. The molecule has 0 radical (unpaired) electrons. The van der Waals surface area contributed by atoms with Crippen LogP contribution in [-0.4, -0.2) is 37.2 Å². The Kier molecular flexibility index (Phi) is 66.6. The zero-order chi connectivity index (χ0) is 57.8. The second kappa shape index (κ2) is 68.9. The molecule has 0 aromatic rings. The highest BCUT2D eigenvalue weighted by atomic mass is 16.6. The van der Waals surface area contributed by atoms with Crippen molar-refractivity contribution in [2.45, 2.75) is 393 Å². The minimum atomic E-state index is -0.769. The van der Waals surface area contributed by atoms with Crippen molar-refractivity contribution in [1.82, 2.24) is 0 Å². The third kappa shape index (κ3) is 66.2. The van der Waals surface area contributed by atoms with E-state index in [1.165, 1.54) is 263 Å². The molecule has 0 aliphatic rings. The van der Waals surface area contributed by atoms with Crippen molar-refractivity contribution >= 4 is 17.9 Å². The third-order valence-electron chi connectivity index (χ3n) is 16.1. The number of carbonyl (C=O) groups excluding carboxylic acids is 3. The number of ether oxygens (including phenoxy) is 3. The second-order valence-corrected chi connectivity index (χ2v) is 24.1. The van der Waals surface area contributed by atoms with Gasteiger partial charge < -0.3 is 14.2 Å². The van der Waals surface area contributed by atoms with Crippen LogP contribution in [0.1, 0.15) is 387 Å². The minimum Gasteiger partial charge on any atom is -0.462 e. The lowest BCUT2D eigenvalue weighted by Crippen LogP contribution is -2.30. The van der Waals surface area contributed by atoms with Gasteiger partial charge in [-0.2, -0.15) is 0 Å². The first kappa shape index (κ1) is 77.4. The maximum Gasteiger partial charge on any atom is 0.306 e. The standard InChI is InChI=1S/C74H136O6/c1-4-7-10-13-16-19-22-25-28-30-32-33-34-35-36-37-38-39-40-41-42-44-46-49-52-55-58-61-64-67-73(76)79-70-71(69-78-72(75)66-63-60-57-54-51-48-45-27-24-21-18-15-12-9-6-3)80-74(77)68-65-62-59-56-53-50-47-43-31-29-26-23-20-17-14-11-8-5-2/h7,10,16,19,25,28,32-33,71H,4-6,8-9,11-15,17-18,20-24,26-27,29-31,34-70H2,1-3H3/b10-7-,19-16-,28-25-,33-32-. The predicted octanol–water partition coefficient (Wildman–Crippen LogP) is 24.5. The molecule has 1 unspecified atom stereocenters. The van der Waals surface area contributed by atoms with Crippen LogP contribution in [0.2, 0.25) is 0 Å². The number of rotatable bonds is 66. The predicted molar refractivity (Wildman–Crippen MR) is 349 cm³/mol. The Balaban J connectivity index is 4.21. The summed E-state index contributed by atoms with van der Waals surface area (Å²) in [6.45, 7) is 6.61. The lowest BCUT2D eigenvalue weighted by Gasteiger charge is -2.18. The van der Waals surface area contributed by atoms with Crippen molar-refractivity contribution in [1.29, 1.82) is 0 Å². The molecule has 0 bridgehead atoms. The molecule has 0 N–H and O–H groups in total. The van der Waals surface area contributed by atoms with Gasteiger partial charge in [-0.3, -0.25) is 14.4 Å². The third-order valence-corrected chi connectivity index (χ3v) is 16.1. The van der Waals surface area contributed by atoms with E-state index in [1.807, 2.05) is 0 Å². The number of unbranched alkanes of at least 4 members (excludes halogenated alkanes) is 47. The van der Waals surface area contributed by atoms with Gasteiger partial charge in [0.2, 0.25) is 0 Å². The van der Waals surface area contributed by atoms with E-state index in [0.717, 1.165) is 83.5 Å². The fourth-order valence-electron chi connectivity index (χ4n) is 10.8. The summed E-state index contributed by atoms with van der Waals surface area (Å²) >= 11 is 0. The van der Waals surface area contributed by atoms with E-state index in [4.69, 9.17) is 14.2 Å². The lowest BCUT2D eigenvalue weighted by atomic mass is 10.0. The summed E-state index contributed by atoms with van der Waals surface area (Å²) in [6.07, 6.45) is 87.1. The Bertz CT molecular complexity index is 1380. The van der Waals surface area contributed by atoms with Crippen LogP contribution in [0.3, 0.4) is 0 Å². The van der Waals surface area contributed by atoms with Crippen molar-refractivity contribution in [3.63, 3.8) is 0 Å². The molecule has 80 heavy (non-hydrogen) atoms. The summed E-state index contributed by atoms with van der Waals surface area (Å²) in [7, 11) is 0. The van der Waals surface area contributed by atoms with Crippen molar-refractivity contribution in [2.24, 2.45) is 0 Å². The molecular formula is C74H136O6. The van der Waals surface area contributed by atoms with Crippen LogP contribution < -0.4 is 0 Å². The molecule has 1 atom stereocenters. The summed E-state index contributed by atoms with van der Waals surface area (Å²) in [4.78, 5) is 38.4. The highest BCUT2D eigenvalue weighted by Crippen LogP contribution is 2.19. The molecule has 6 nitrogen and oxygen atoms in total. The van der Waals surface area contributed by atoms with Gasteiger partial charge >= 0.3 is 17.9 Å². The Hall–Kier alpha value is -2.63. The normalized spacial score (nSPS) is 12.3. The van der Waals surface area contributed by atoms with Gasteiger partial charge in [-0.25, -0.2) is 0 Å². The van der Waals surface area contributed by atoms with Crippen molar-refractivity contribution in [3.8, 4) is 0 Å². The monoisotopic (exact) mass is 1120 g/mol. The maximum absolute atomic E-state index is 12.9. The van der Waals surface area contributed by atoms with Crippen LogP contribution >= 0.6 is 0 Å². The van der Waals surface area contributed by atoms with Crippen molar-refractivity contribution < 1.29 is 28.6 Å². The highest BCUT2D eigenvalue weighted by molar-refractivity contribution is 5.71. The van der Waals surface area contributed by atoms with Gasteiger partial charge in [0.15, 0.2) is 6.10 Å². The Morgan fingerprint density at radius 2 is 0.487 bits per heavy atom. The molecule has 0 rings (SSSR count). The van der Waals surface area contributed by atoms with Crippen LogP contribution in [0.25, 0.3) is 0 Å². The molecule has 0 fully saturated rings. The number of carbonyl (C=O) groups is 3. The zero-order valence-electron chi connectivity index (χ0n) is 53.9. The molecule has 0 aromatic carbocycles. The first-order chi connectivity index (χ1) is 39.5. The highest BCUT2D eigenvalue weighted by Gasteiger charge is 2.19. The molecule has 0 saturated heterocycles. The van der Waals surface area contributed by atoms with Crippen LogP contribution in [0.5, 0.6) is 0 Å². The average Bonchev–Trinajstić information content (AvgIpc) is 3.46. The first-order valence-electron chi connectivity index (χ1n) is 35.6. The fraction of sp³-hybridized carbons (Fsp3) is 0.851. The van der Waals surface area contributed by atoms with E-state index in [2.05, 4.69) is 69.4 Å². The van der Waals surface area contributed by atoms with Gasteiger partial charge in [-0.05, 0) is 57.8 Å². The summed E-state index contributed by atoms with van der Waals surface area (Å²) in [5, 5.41) is 0. The molecule has 0 heterocycles. The second-order valence-electron chi connectivity index (χ2n) is 24.1. The van der Waals surface area contributed by atoms with Gasteiger partial charge in [0, 0.05) is 19.3 Å². The quantitative estimate of drug-likeness (QED) is 0.0261. The van der Waals surface area contributed by atoms with Crippen molar-refractivity contribution in [3.05, 3.63) is 48.6 Å². The topological polar surface area (TPSA) is 78.9 Å². The van der Waals surface area contributed by atoms with Crippen LogP contribution in [0.15, 0.2) is 48.6 Å². The summed E-state index contributed by atoms with van der Waals surface area (Å²) in [5.41, 5.74) is 0. The Morgan fingerprint density at radius 1 is 0.263 bits per heavy atom. The number of hydrogen-bond acceptors (Lipinski definition) is 6. The molecule has 0 amide bonds. The number of hydrogen-bond donors (Lipinski definition) is 0. The van der Waals surface area contributed by atoms with E-state index >= 15 is 0 Å². The molecule has 6 heteroatoms. The Morgan fingerprint density at radius 3 is 0.762 bits per heavy atom. The molecule has 0 spiro atoms. The van der Waals surface area contributed by atoms with E-state index in [0.29, 0.717) is 19.3 Å². The summed E-state index contributed by atoms with van der Waals surface area (Å²) in [5.74, 6) is -0.833. The van der Waals surface area contributed by atoms with Crippen molar-refractivity contribution in [2.75, 3.05) is 13.2 Å². The van der Waals surface area contributed by atoms with E-state index in [9.17, 15) is 14.4 Å². The van der Waals surface area contributed by atoms with Gasteiger partial charge in [0.25, 0.3) is 0 Å². The number of esters is 3. The molecule has 0 aliphatic carbocycles. The molecule has 468 valence electrons. The smallest absolute Gasteiger partial charge is 0.306 e. The molecule has 0 saturated carbocycles. The van der Waals surface area contributed by atoms with Crippen LogP contribution in [0, 0.1) is 0 Å². The minimum absolute atomic E-state index is 0.0651. The first-order valence-corrected chi connectivity index (χ1v) is 35.6. The van der Waals surface area contributed by atoms with E-state index in [-0.39, 0.29) is 31.1 Å². The van der Waals surface area contributed by atoms with Gasteiger partial charge in [0.1, 0.15) is 13.2 Å². The fourth-order valence-corrected chi connectivity index (χ4v) is 10.8. The van der Waals surface area contributed by atoms with Gasteiger partial charge in [-0.15, -0.1) is 0 Å². The van der Waals surface area contributed by atoms with Gasteiger partial charge in [-0.1, -0.05) is 358 Å². The molecular weight excluding hydrogens is 985 g/mol. The lowest BCUT2D eigenvalue weighted by molar-refractivity contribution is -0.167. The molecule has 0 aromatic heterocycles. The van der Waals surface area contributed by atoms with Crippen LogP contribution in [0.4, 0.5) is 0 Å². The maximum atomic E-state index is 12.9. The zero-order valence-corrected chi connectivity index (χ0v) is 53.9. The number of allylic oxidation sites excluding steroid dienone is 8. The largest absolute Gasteiger partial charge is 0.462 e. The van der Waals surface area contributed by atoms with E-state index in [1.54, 1.807) is 0 Å². The SMILES string of the molecule is CC/C=C\C/C=C\C/C=C\C/C=C\CCCCCCCCCCCCCCCCCCC(=O)OCC(COC(=O)CCCCCCCCCCCCCCCCC)OC(=O)CCCCCCCCCCCCCCCCCCCC. The average molecular weight is 1120 g/mol.